The van der Waals surface area contributed by atoms with Crippen molar-refractivity contribution < 1.29 is 14.7 Å². The summed E-state index contributed by atoms with van der Waals surface area (Å²) in [7, 11) is 0. The van der Waals surface area contributed by atoms with Gasteiger partial charge in [-0.2, -0.15) is 11.8 Å². The number of amides is 1. The molecular formula is C12H22N2O3S. The van der Waals surface area contributed by atoms with Crippen LogP contribution in [0.25, 0.3) is 0 Å². The Morgan fingerprint density at radius 3 is 2.44 bits per heavy atom. The van der Waals surface area contributed by atoms with E-state index in [2.05, 4.69) is 0 Å². The number of carbonyl (C=O) groups excluding carboxylic acids is 1. The molecule has 0 bridgehead atoms. The van der Waals surface area contributed by atoms with Gasteiger partial charge >= 0.3 is 5.97 Å². The Balaban J connectivity index is 2.47. The first kappa shape index (κ1) is 15.3. The Labute approximate surface area is 112 Å². The number of thioether (sulfide) groups is 1. The predicted octanol–water partition coefficient (Wildman–Crippen LogP) is 0.780. The van der Waals surface area contributed by atoms with E-state index < -0.39 is 17.4 Å². The van der Waals surface area contributed by atoms with E-state index in [4.69, 9.17) is 10.8 Å². The maximum Gasteiger partial charge on any atom is 0.309 e. The van der Waals surface area contributed by atoms with Crippen LogP contribution in [0.1, 0.15) is 26.2 Å². The number of likely N-dealkylation sites (tertiary alicyclic amines) is 1. The van der Waals surface area contributed by atoms with Gasteiger partial charge in [0.1, 0.15) is 0 Å². The van der Waals surface area contributed by atoms with E-state index in [1.807, 2.05) is 6.26 Å². The Kier molecular flexibility index (Phi) is 5.47. The molecule has 0 aromatic rings. The molecule has 0 aliphatic carbocycles. The lowest BCUT2D eigenvalue weighted by molar-refractivity contribution is -0.153. The molecule has 1 saturated heterocycles. The number of piperidine rings is 1. The minimum Gasteiger partial charge on any atom is -0.481 e. The highest BCUT2D eigenvalue weighted by Crippen LogP contribution is 2.31. The van der Waals surface area contributed by atoms with Crippen molar-refractivity contribution in [2.45, 2.75) is 32.2 Å². The molecular weight excluding hydrogens is 252 g/mol. The maximum absolute atomic E-state index is 12.0. The maximum atomic E-state index is 12.0. The van der Waals surface area contributed by atoms with Gasteiger partial charge in [0.05, 0.1) is 11.5 Å². The minimum absolute atomic E-state index is 0.0449. The Hall–Kier alpha value is -0.750. The molecule has 104 valence electrons. The van der Waals surface area contributed by atoms with Crippen molar-refractivity contribution in [2.75, 3.05) is 25.1 Å². The lowest BCUT2D eigenvalue weighted by atomic mass is 9.80. The molecule has 3 N–H and O–H groups in total. The predicted molar refractivity (Wildman–Crippen MR) is 72.5 cm³/mol. The van der Waals surface area contributed by atoms with Crippen LogP contribution in [-0.2, 0) is 9.59 Å². The van der Waals surface area contributed by atoms with Gasteiger partial charge < -0.3 is 15.7 Å². The molecule has 5 nitrogen and oxygen atoms in total. The third-order valence-electron chi connectivity index (χ3n) is 3.65. The third kappa shape index (κ3) is 3.62. The van der Waals surface area contributed by atoms with Crippen LogP contribution in [0.15, 0.2) is 0 Å². The van der Waals surface area contributed by atoms with Gasteiger partial charge in [-0.05, 0) is 38.2 Å². The molecule has 0 radical (unpaired) electrons. The third-order valence-corrected chi connectivity index (χ3v) is 4.29. The van der Waals surface area contributed by atoms with Gasteiger partial charge in [-0.25, -0.2) is 0 Å². The number of hydrogen-bond donors (Lipinski definition) is 2. The van der Waals surface area contributed by atoms with Gasteiger partial charge in [0.2, 0.25) is 5.91 Å². The Morgan fingerprint density at radius 1 is 1.44 bits per heavy atom. The van der Waals surface area contributed by atoms with Crippen LogP contribution in [0.5, 0.6) is 0 Å². The van der Waals surface area contributed by atoms with Crippen LogP contribution in [0.4, 0.5) is 0 Å². The van der Waals surface area contributed by atoms with Crippen LogP contribution < -0.4 is 5.73 Å². The number of rotatable bonds is 5. The average molecular weight is 274 g/mol. The van der Waals surface area contributed by atoms with Gasteiger partial charge in [0.25, 0.3) is 0 Å². The lowest BCUT2D eigenvalue weighted by Gasteiger charge is -2.37. The first-order chi connectivity index (χ1) is 8.40. The van der Waals surface area contributed by atoms with E-state index in [1.165, 1.54) is 0 Å². The summed E-state index contributed by atoms with van der Waals surface area (Å²) in [6.07, 6.45) is 3.66. The number of carbonyl (C=O) groups is 2. The van der Waals surface area contributed by atoms with E-state index in [-0.39, 0.29) is 5.91 Å². The standard InChI is InChI=1S/C12H22N2O3S/c1-12(11(16)17)4-6-14(7-5-12)10(15)9(13)3-8-18-2/h9H,3-8,13H2,1-2H3,(H,16,17)/t9-/m1/s1. The molecule has 1 fully saturated rings. The van der Waals surface area contributed by atoms with Gasteiger partial charge in [0.15, 0.2) is 0 Å². The molecule has 0 spiro atoms. The average Bonchev–Trinajstić information content (AvgIpc) is 2.35. The molecule has 1 heterocycles. The van der Waals surface area contributed by atoms with Crippen molar-refractivity contribution in [1.82, 2.24) is 4.90 Å². The second-order valence-electron chi connectivity index (χ2n) is 5.08. The van der Waals surface area contributed by atoms with Crippen molar-refractivity contribution >= 4 is 23.6 Å². The zero-order valence-corrected chi connectivity index (χ0v) is 11.8. The van der Waals surface area contributed by atoms with Gasteiger partial charge in [-0.3, -0.25) is 9.59 Å². The van der Waals surface area contributed by atoms with Gasteiger partial charge in [-0.1, -0.05) is 0 Å². The van der Waals surface area contributed by atoms with E-state index in [0.29, 0.717) is 32.4 Å². The molecule has 1 atom stereocenters. The van der Waals surface area contributed by atoms with Crippen LogP contribution in [0, 0.1) is 5.41 Å². The normalized spacial score (nSPS) is 20.5. The Bertz CT molecular complexity index is 314. The number of nitrogens with two attached hydrogens (primary N) is 1. The number of hydrogen-bond acceptors (Lipinski definition) is 4. The Morgan fingerprint density at radius 2 is 2.00 bits per heavy atom. The first-order valence-electron chi connectivity index (χ1n) is 6.17. The molecule has 6 heteroatoms. The van der Waals surface area contributed by atoms with Crippen molar-refractivity contribution in [1.29, 1.82) is 0 Å². The summed E-state index contributed by atoms with van der Waals surface area (Å²) in [5.41, 5.74) is 5.15. The van der Waals surface area contributed by atoms with Gasteiger partial charge in [-0.15, -0.1) is 0 Å². The quantitative estimate of drug-likeness (QED) is 0.774. The summed E-state index contributed by atoms with van der Waals surface area (Å²) < 4.78 is 0. The number of aliphatic carboxylic acids is 1. The first-order valence-corrected chi connectivity index (χ1v) is 7.57. The summed E-state index contributed by atoms with van der Waals surface area (Å²) >= 11 is 1.67. The smallest absolute Gasteiger partial charge is 0.309 e. The minimum atomic E-state index is -0.777. The second kappa shape index (κ2) is 6.43. The summed E-state index contributed by atoms with van der Waals surface area (Å²) in [4.78, 5) is 24.8. The van der Waals surface area contributed by atoms with Crippen molar-refractivity contribution in [3.8, 4) is 0 Å². The van der Waals surface area contributed by atoms with Crippen molar-refractivity contribution in [2.24, 2.45) is 11.1 Å². The summed E-state index contributed by atoms with van der Waals surface area (Å²) in [5, 5.41) is 9.12. The largest absolute Gasteiger partial charge is 0.481 e. The zero-order valence-electron chi connectivity index (χ0n) is 11.0. The highest BCUT2D eigenvalue weighted by Gasteiger charge is 2.38. The highest BCUT2D eigenvalue weighted by atomic mass is 32.2. The molecule has 1 rings (SSSR count). The van der Waals surface area contributed by atoms with Crippen LogP contribution >= 0.6 is 11.8 Å². The van der Waals surface area contributed by atoms with E-state index in [0.717, 1.165) is 5.75 Å². The fourth-order valence-corrected chi connectivity index (χ4v) is 2.53. The molecule has 1 aliphatic heterocycles. The molecule has 0 saturated carbocycles. The van der Waals surface area contributed by atoms with E-state index >= 15 is 0 Å². The van der Waals surface area contributed by atoms with Crippen LogP contribution in [0.2, 0.25) is 0 Å². The van der Waals surface area contributed by atoms with E-state index in [1.54, 1.807) is 23.6 Å². The molecule has 1 amide bonds. The van der Waals surface area contributed by atoms with E-state index in [9.17, 15) is 9.59 Å². The van der Waals surface area contributed by atoms with Crippen molar-refractivity contribution in [3.05, 3.63) is 0 Å². The summed E-state index contributed by atoms with van der Waals surface area (Å²) in [5.74, 6) is 0.0471. The molecule has 1 aliphatic rings. The fraction of sp³-hybridized carbons (Fsp3) is 0.833. The number of carboxylic acid groups (broad SMARTS) is 1. The molecule has 0 aromatic carbocycles. The fourth-order valence-electron chi connectivity index (χ4n) is 2.04. The summed E-state index contributed by atoms with van der Waals surface area (Å²) in [6, 6.07) is -0.452. The monoisotopic (exact) mass is 274 g/mol. The topological polar surface area (TPSA) is 83.6 Å². The number of carboxylic acids is 1. The lowest BCUT2D eigenvalue weighted by Crippen LogP contribution is -2.50. The van der Waals surface area contributed by atoms with Crippen molar-refractivity contribution in [3.63, 3.8) is 0 Å². The molecule has 0 aromatic heterocycles. The molecule has 18 heavy (non-hydrogen) atoms. The number of nitrogens with zero attached hydrogens (tertiary/aromatic N) is 1. The molecule has 0 unspecified atom stereocenters. The van der Waals surface area contributed by atoms with Crippen LogP contribution in [-0.4, -0.2) is 53.0 Å². The zero-order chi connectivity index (χ0) is 13.8. The summed E-state index contributed by atoms with van der Waals surface area (Å²) in [6.45, 7) is 2.73. The van der Waals surface area contributed by atoms with Crippen LogP contribution in [0.3, 0.4) is 0 Å². The second-order valence-corrected chi connectivity index (χ2v) is 6.06. The highest BCUT2D eigenvalue weighted by molar-refractivity contribution is 7.98. The SMILES string of the molecule is CSCC[C@@H](N)C(=O)N1CCC(C)(C(=O)O)CC1. The van der Waals surface area contributed by atoms with Gasteiger partial charge in [0, 0.05) is 13.1 Å².